The van der Waals surface area contributed by atoms with E-state index in [4.69, 9.17) is 4.84 Å². The number of rotatable bonds is 4. The van der Waals surface area contributed by atoms with E-state index in [-0.39, 0.29) is 0 Å². The molecule has 0 unspecified atom stereocenters. The second-order valence-electron chi connectivity index (χ2n) is 3.13. The Morgan fingerprint density at radius 1 is 0.875 bits per heavy atom. The lowest BCUT2D eigenvalue weighted by atomic mass is 10.3. The van der Waals surface area contributed by atoms with Crippen LogP contribution in [-0.2, 0) is 4.79 Å². The number of amides is 1. The second kappa shape index (κ2) is 4.98. The van der Waals surface area contributed by atoms with E-state index in [9.17, 15) is 4.79 Å². The van der Waals surface area contributed by atoms with Gasteiger partial charge in [0.25, 0.3) is 0 Å². The van der Waals surface area contributed by atoms with Gasteiger partial charge in [0.2, 0.25) is 0 Å². The number of anilines is 1. The third kappa shape index (κ3) is 2.39. The van der Waals surface area contributed by atoms with Gasteiger partial charge >= 0.3 is 6.41 Å². The molecule has 0 aromatic heterocycles. The summed E-state index contributed by atoms with van der Waals surface area (Å²) in [5.74, 6) is 0.592. The fourth-order valence-corrected chi connectivity index (χ4v) is 1.27. The molecule has 0 spiro atoms. The number of benzene rings is 2. The van der Waals surface area contributed by atoms with Crippen molar-refractivity contribution in [2.75, 3.05) is 5.06 Å². The molecule has 0 fully saturated rings. The number of carbonyl (C=O) groups excluding carboxylic acids is 1. The van der Waals surface area contributed by atoms with Gasteiger partial charge in [0, 0.05) is 0 Å². The number of nitrogens with zero attached hydrogens (tertiary/aromatic N) is 1. The SMILES string of the molecule is O=[C]N(Oc1ccccc1)c1ccccc1. The smallest absolute Gasteiger partial charge is 0.352 e. The summed E-state index contributed by atoms with van der Waals surface area (Å²) in [5.41, 5.74) is 0.640. The van der Waals surface area contributed by atoms with Crippen LogP contribution in [0.3, 0.4) is 0 Å². The molecule has 0 saturated carbocycles. The van der Waals surface area contributed by atoms with E-state index in [0.29, 0.717) is 11.4 Å². The molecule has 1 amide bonds. The van der Waals surface area contributed by atoms with Gasteiger partial charge in [-0.05, 0) is 24.3 Å². The van der Waals surface area contributed by atoms with E-state index >= 15 is 0 Å². The maximum Gasteiger partial charge on any atom is 0.352 e. The van der Waals surface area contributed by atoms with Crippen LogP contribution in [0.4, 0.5) is 5.69 Å². The zero-order chi connectivity index (χ0) is 11.2. The van der Waals surface area contributed by atoms with Gasteiger partial charge in [0.05, 0.1) is 5.69 Å². The average Bonchev–Trinajstić information content (AvgIpc) is 2.38. The molecule has 2 aromatic rings. The second-order valence-corrected chi connectivity index (χ2v) is 3.13. The molecule has 0 bridgehead atoms. The first-order chi connectivity index (χ1) is 7.90. The topological polar surface area (TPSA) is 29.5 Å². The van der Waals surface area contributed by atoms with Gasteiger partial charge in [-0.3, -0.25) is 4.79 Å². The van der Waals surface area contributed by atoms with Crippen LogP contribution in [0.1, 0.15) is 0 Å². The van der Waals surface area contributed by atoms with Crippen LogP contribution >= 0.6 is 0 Å². The Morgan fingerprint density at radius 3 is 2.00 bits per heavy atom. The summed E-state index contributed by atoms with van der Waals surface area (Å²) in [6, 6.07) is 18.2. The van der Waals surface area contributed by atoms with Gasteiger partial charge in [-0.15, -0.1) is 5.06 Å². The molecule has 0 atom stereocenters. The number of para-hydroxylation sites is 2. The zero-order valence-corrected chi connectivity index (χ0v) is 8.54. The molecule has 2 rings (SSSR count). The Kier molecular flexibility index (Phi) is 3.18. The molecule has 0 heterocycles. The van der Waals surface area contributed by atoms with Gasteiger partial charge in [-0.25, -0.2) is 0 Å². The molecule has 79 valence electrons. The molecule has 0 aliphatic heterocycles. The third-order valence-corrected chi connectivity index (χ3v) is 2.01. The van der Waals surface area contributed by atoms with Gasteiger partial charge in [-0.1, -0.05) is 36.4 Å². The Labute approximate surface area is 93.8 Å². The lowest BCUT2D eigenvalue weighted by Crippen LogP contribution is -2.24. The van der Waals surface area contributed by atoms with Gasteiger partial charge < -0.3 is 4.84 Å². The summed E-state index contributed by atoms with van der Waals surface area (Å²) in [4.78, 5) is 16.1. The van der Waals surface area contributed by atoms with Crippen molar-refractivity contribution in [3.05, 3.63) is 60.7 Å². The largest absolute Gasteiger partial charge is 0.371 e. The molecule has 2 aromatic carbocycles. The quantitative estimate of drug-likeness (QED) is 0.575. The van der Waals surface area contributed by atoms with Crippen LogP contribution in [0.15, 0.2) is 60.7 Å². The first kappa shape index (κ1) is 10.2. The number of hydrogen-bond donors (Lipinski definition) is 0. The lowest BCUT2D eigenvalue weighted by Gasteiger charge is -2.16. The molecule has 0 saturated heterocycles. The van der Waals surface area contributed by atoms with Gasteiger partial charge in [0.15, 0.2) is 5.75 Å². The molecule has 3 heteroatoms. The number of hydrogen-bond acceptors (Lipinski definition) is 2. The Balaban J connectivity index is 2.16. The Bertz CT molecular complexity index is 442. The van der Waals surface area contributed by atoms with E-state index in [1.165, 1.54) is 0 Å². The van der Waals surface area contributed by atoms with E-state index in [1.54, 1.807) is 30.7 Å². The van der Waals surface area contributed by atoms with Gasteiger partial charge in [0.1, 0.15) is 0 Å². The van der Waals surface area contributed by atoms with Crippen LogP contribution in [-0.4, -0.2) is 6.41 Å². The highest BCUT2D eigenvalue weighted by molar-refractivity contribution is 5.73. The van der Waals surface area contributed by atoms with Crippen LogP contribution < -0.4 is 9.90 Å². The molecule has 1 radical (unpaired) electrons. The highest BCUT2D eigenvalue weighted by Gasteiger charge is 2.07. The highest BCUT2D eigenvalue weighted by Crippen LogP contribution is 2.16. The van der Waals surface area contributed by atoms with Gasteiger partial charge in [-0.2, -0.15) is 0 Å². The van der Waals surface area contributed by atoms with Crippen LogP contribution in [0.25, 0.3) is 0 Å². The minimum atomic E-state index is 0.592. The molecule has 16 heavy (non-hydrogen) atoms. The summed E-state index contributed by atoms with van der Waals surface area (Å²) >= 11 is 0. The predicted octanol–water partition coefficient (Wildman–Crippen LogP) is 2.55. The zero-order valence-electron chi connectivity index (χ0n) is 8.54. The molecular weight excluding hydrogens is 202 g/mol. The lowest BCUT2D eigenvalue weighted by molar-refractivity contribution is 0.324. The normalized spacial score (nSPS) is 9.50. The van der Waals surface area contributed by atoms with Crippen molar-refractivity contribution in [1.29, 1.82) is 0 Å². The van der Waals surface area contributed by atoms with E-state index in [0.717, 1.165) is 5.06 Å². The fourth-order valence-electron chi connectivity index (χ4n) is 1.27. The highest BCUT2D eigenvalue weighted by atomic mass is 16.7. The summed E-state index contributed by atoms with van der Waals surface area (Å²) in [6.07, 6.45) is 1.73. The number of hydroxylamine groups is 1. The molecule has 3 nitrogen and oxygen atoms in total. The standard InChI is InChI=1S/C13H10NO2/c15-11-14(12-7-3-1-4-8-12)16-13-9-5-2-6-10-13/h1-10H. The fraction of sp³-hybridized carbons (Fsp3) is 0. The summed E-state index contributed by atoms with van der Waals surface area (Å²) in [7, 11) is 0. The van der Waals surface area contributed by atoms with Crippen molar-refractivity contribution in [2.24, 2.45) is 0 Å². The van der Waals surface area contributed by atoms with Crippen LogP contribution in [0, 0.1) is 0 Å². The molecule has 0 aliphatic rings. The van der Waals surface area contributed by atoms with Crippen molar-refractivity contribution in [3.63, 3.8) is 0 Å². The third-order valence-electron chi connectivity index (χ3n) is 2.01. The minimum absolute atomic E-state index is 0.592. The van der Waals surface area contributed by atoms with Crippen LogP contribution in [0.2, 0.25) is 0 Å². The summed E-state index contributed by atoms with van der Waals surface area (Å²) in [6.45, 7) is 0. The van der Waals surface area contributed by atoms with Crippen molar-refractivity contribution < 1.29 is 9.63 Å². The first-order valence-electron chi connectivity index (χ1n) is 4.86. The Hall–Kier alpha value is -2.29. The predicted molar refractivity (Wildman–Crippen MR) is 61.7 cm³/mol. The Morgan fingerprint density at radius 2 is 1.44 bits per heavy atom. The van der Waals surface area contributed by atoms with Crippen molar-refractivity contribution in [1.82, 2.24) is 0 Å². The van der Waals surface area contributed by atoms with Crippen LogP contribution in [0.5, 0.6) is 5.75 Å². The first-order valence-corrected chi connectivity index (χ1v) is 4.86. The van der Waals surface area contributed by atoms with Crippen molar-refractivity contribution in [3.8, 4) is 5.75 Å². The maximum atomic E-state index is 10.8. The summed E-state index contributed by atoms with van der Waals surface area (Å²) in [5, 5.41) is 1.06. The van der Waals surface area contributed by atoms with E-state index in [2.05, 4.69) is 0 Å². The monoisotopic (exact) mass is 212 g/mol. The molecule has 0 aliphatic carbocycles. The molecule has 0 N–H and O–H groups in total. The van der Waals surface area contributed by atoms with E-state index < -0.39 is 0 Å². The minimum Gasteiger partial charge on any atom is -0.371 e. The molecular formula is C13H10NO2. The summed E-state index contributed by atoms with van der Waals surface area (Å²) < 4.78 is 0. The average molecular weight is 212 g/mol. The van der Waals surface area contributed by atoms with Crippen molar-refractivity contribution >= 4 is 12.1 Å². The van der Waals surface area contributed by atoms with Crippen molar-refractivity contribution in [2.45, 2.75) is 0 Å². The maximum absolute atomic E-state index is 10.8. The van der Waals surface area contributed by atoms with E-state index in [1.807, 2.05) is 36.4 Å².